The van der Waals surface area contributed by atoms with E-state index in [4.69, 9.17) is 0 Å². The first kappa shape index (κ1) is 10.3. The first-order valence-electron chi connectivity index (χ1n) is 5.01. The fraction of sp³-hybridized carbons (Fsp3) is 0.727. The topological polar surface area (TPSA) is 15.6 Å². The molecule has 0 fully saturated rings. The molecule has 1 unspecified atom stereocenters. The predicted molar refractivity (Wildman–Crippen MR) is 57.9 cm³/mol. The molecule has 13 heavy (non-hydrogen) atoms. The van der Waals surface area contributed by atoms with Crippen LogP contribution in [0, 0.1) is 5.92 Å². The molecule has 0 saturated heterocycles. The number of aliphatic imine (C=N–C) groups is 1. The van der Waals surface area contributed by atoms with Gasteiger partial charge >= 0.3 is 0 Å². The van der Waals surface area contributed by atoms with Crippen molar-refractivity contribution >= 4 is 6.21 Å². The molecule has 0 N–H and O–H groups in total. The second-order valence-corrected chi connectivity index (χ2v) is 4.35. The molecule has 2 nitrogen and oxygen atoms in total. The minimum absolute atomic E-state index is 0.323. The van der Waals surface area contributed by atoms with E-state index in [0.29, 0.717) is 18.1 Å². The molecule has 0 amide bonds. The summed E-state index contributed by atoms with van der Waals surface area (Å²) in [6, 6.07) is 0.528. The van der Waals surface area contributed by atoms with E-state index in [1.807, 2.05) is 6.21 Å². The van der Waals surface area contributed by atoms with Crippen molar-refractivity contribution in [2.24, 2.45) is 10.9 Å². The summed E-state index contributed by atoms with van der Waals surface area (Å²) >= 11 is 0. The van der Waals surface area contributed by atoms with E-state index in [0.717, 1.165) is 0 Å². The molecule has 1 rings (SSSR count). The summed E-state index contributed by atoms with van der Waals surface area (Å²) in [7, 11) is 0. The molecule has 0 aromatic heterocycles. The Morgan fingerprint density at radius 2 is 1.92 bits per heavy atom. The first-order valence-corrected chi connectivity index (χ1v) is 5.01. The van der Waals surface area contributed by atoms with Crippen molar-refractivity contribution in [3.63, 3.8) is 0 Å². The van der Waals surface area contributed by atoms with Crippen LogP contribution in [0.5, 0.6) is 0 Å². The summed E-state index contributed by atoms with van der Waals surface area (Å²) in [6.07, 6.45) is 4.51. The Balaban J connectivity index is 2.81. The number of nitrogens with zero attached hydrogens (tertiary/aromatic N) is 2. The molecule has 0 saturated carbocycles. The zero-order valence-electron chi connectivity index (χ0n) is 9.28. The molecule has 1 aliphatic heterocycles. The summed E-state index contributed by atoms with van der Waals surface area (Å²) < 4.78 is 0. The van der Waals surface area contributed by atoms with Gasteiger partial charge in [-0.1, -0.05) is 13.8 Å². The Morgan fingerprint density at radius 3 is 2.38 bits per heavy atom. The minimum Gasteiger partial charge on any atom is -0.353 e. The zero-order valence-corrected chi connectivity index (χ0v) is 9.28. The largest absolute Gasteiger partial charge is 0.353 e. The Kier molecular flexibility index (Phi) is 3.12. The van der Waals surface area contributed by atoms with Gasteiger partial charge in [-0.2, -0.15) is 0 Å². The van der Waals surface area contributed by atoms with Crippen LogP contribution in [0.15, 0.2) is 16.8 Å². The quantitative estimate of drug-likeness (QED) is 0.638. The number of hydrogen-bond acceptors (Lipinski definition) is 2. The normalized spacial score (nSPS) is 22.8. The molecule has 74 valence electrons. The molecular weight excluding hydrogens is 160 g/mol. The molecule has 1 atom stereocenters. The molecule has 0 aromatic rings. The minimum atomic E-state index is 0.323. The predicted octanol–water partition coefficient (Wildman–Crippen LogP) is 2.67. The average molecular weight is 180 g/mol. The number of allylic oxidation sites excluding steroid dienone is 1. The van der Waals surface area contributed by atoms with Crippen molar-refractivity contribution in [2.45, 2.75) is 46.8 Å². The third kappa shape index (κ3) is 2.33. The van der Waals surface area contributed by atoms with Crippen molar-refractivity contribution in [3.8, 4) is 0 Å². The highest BCUT2D eigenvalue weighted by Gasteiger charge is 2.22. The molecule has 1 heterocycles. The van der Waals surface area contributed by atoms with Gasteiger partial charge in [0.25, 0.3) is 0 Å². The highest BCUT2D eigenvalue weighted by Crippen LogP contribution is 2.19. The van der Waals surface area contributed by atoms with E-state index in [2.05, 4.69) is 50.7 Å². The summed E-state index contributed by atoms with van der Waals surface area (Å²) in [6.45, 7) is 10.9. The lowest BCUT2D eigenvalue weighted by atomic mass is 10.1. The summed E-state index contributed by atoms with van der Waals surface area (Å²) in [5.74, 6) is 0.572. The second kappa shape index (κ2) is 3.95. The third-order valence-electron chi connectivity index (χ3n) is 2.28. The maximum Gasteiger partial charge on any atom is 0.123 e. The third-order valence-corrected chi connectivity index (χ3v) is 2.28. The number of hydrogen-bond donors (Lipinski definition) is 0. The fourth-order valence-corrected chi connectivity index (χ4v) is 1.59. The first-order chi connectivity index (χ1) is 6.02. The van der Waals surface area contributed by atoms with Crippen molar-refractivity contribution in [1.29, 1.82) is 0 Å². The van der Waals surface area contributed by atoms with Gasteiger partial charge in [-0.05, 0) is 32.3 Å². The van der Waals surface area contributed by atoms with Crippen LogP contribution in [0.4, 0.5) is 0 Å². The van der Waals surface area contributed by atoms with Gasteiger partial charge in [0.1, 0.15) is 6.17 Å². The Labute approximate surface area is 81.3 Å². The van der Waals surface area contributed by atoms with Crippen molar-refractivity contribution in [2.75, 3.05) is 0 Å². The lowest BCUT2D eigenvalue weighted by molar-refractivity contribution is 0.184. The molecule has 0 aromatic carbocycles. The van der Waals surface area contributed by atoms with Gasteiger partial charge in [-0.3, -0.25) is 4.99 Å². The van der Waals surface area contributed by atoms with Crippen molar-refractivity contribution < 1.29 is 0 Å². The summed E-state index contributed by atoms with van der Waals surface area (Å²) in [5.41, 5.74) is 1.24. The van der Waals surface area contributed by atoms with Gasteiger partial charge in [-0.25, -0.2) is 0 Å². The van der Waals surface area contributed by atoms with E-state index in [1.54, 1.807) is 0 Å². The van der Waals surface area contributed by atoms with Gasteiger partial charge in [0.2, 0.25) is 0 Å². The Morgan fingerprint density at radius 1 is 1.31 bits per heavy atom. The van der Waals surface area contributed by atoms with Crippen molar-refractivity contribution in [1.82, 2.24) is 4.90 Å². The van der Waals surface area contributed by atoms with Crippen molar-refractivity contribution in [3.05, 3.63) is 11.8 Å². The van der Waals surface area contributed by atoms with E-state index in [1.165, 1.54) is 5.57 Å². The summed E-state index contributed by atoms with van der Waals surface area (Å²) in [5, 5.41) is 0. The lowest BCUT2D eigenvalue weighted by Crippen LogP contribution is -2.40. The van der Waals surface area contributed by atoms with E-state index in [9.17, 15) is 0 Å². The van der Waals surface area contributed by atoms with Gasteiger partial charge in [0.15, 0.2) is 0 Å². The van der Waals surface area contributed by atoms with E-state index >= 15 is 0 Å². The average Bonchev–Trinajstić information content (AvgIpc) is 2.03. The van der Waals surface area contributed by atoms with Crippen LogP contribution in [-0.4, -0.2) is 23.3 Å². The zero-order chi connectivity index (χ0) is 10.0. The van der Waals surface area contributed by atoms with Crippen LogP contribution >= 0.6 is 0 Å². The van der Waals surface area contributed by atoms with Gasteiger partial charge in [-0.15, -0.1) is 0 Å². The van der Waals surface area contributed by atoms with Crippen LogP contribution in [0.1, 0.15) is 34.6 Å². The highest BCUT2D eigenvalue weighted by molar-refractivity contribution is 5.78. The monoisotopic (exact) mass is 180 g/mol. The standard InChI is InChI=1S/C11H20N2/c1-8(2)11-12-6-10(5)7-13(11)9(3)4/h6-9,11H,1-5H3. The molecule has 0 spiro atoms. The van der Waals surface area contributed by atoms with Gasteiger partial charge < -0.3 is 4.90 Å². The van der Waals surface area contributed by atoms with Crippen LogP contribution in [0.2, 0.25) is 0 Å². The van der Waals surface area contributed by atoms with Crippen LogP contribution in [0.3, 0.4) is 0 Å². The van der Waals surface area contributed by atoms with Crippen LogP contribution in [-0.2, 0) is 0 Å². The van der Waals surface area contributed by atoms with Crippen LogP contribution < -0.4 is 0 Å². The molecule has 2 heteroatoms. The summed E-state index contributed by atoms with van der Waals surface area (Å²) in [4.78, 5) is 6.88. The fourth-order valence-electron chi connectivity index (χ4n) is 1.59. The maximum atomic E-state index is 4.55. The molecule has 0 radical (unpaired) electrons. The van der Waals surface area contributed by atoms with E-state index in [-0.39, 0.29) is 0 Å². The second-order valence-electron chi connectivity index (χ2n) is 4.35. The maximum absolute atomic E-state index is 4.55. The SMILES string of the molecule is CC1=CN(C(C)C)C(C(C)C)N=C1. The molecule has 1 aliphatic rings. The van der Waals surface area contributed by atoms with Gasteiger partial charge in [0, 0.05) is 18.5 Å². The Hall–Kier alpha value is -0.790. The molecular formula is C11H20N2. The lowest BCUT2D eigenvalue weighted by Gasteiger charge is -2.36. The van der Waals surface area contributed by atoms with Gasteiger partial charge in [0.05, 0.1) is 0 Å². The highest BCUT2D eigenvalue weighted by atomic mass is 15.3. The smallest absolute Gasteiger partial charge is 0.123 e. The van der Waals surface area contributed by atoms with E-state index < -0.39 is 0 Å². The molecule has 0 aliphatic carbocycles. The molecule has 0 bridgehead atoms. The number of rotatable bonds is 2. The Bertz CT molecular complexity index is 226. The van der Waals surface area contributed by atoms with Crippen LogP contribution in [0.25, 0.3) is 0 Å².